The first kappa shape index (κ1) is 29.9. The Hall–Kier alpha value is -5.74. The molecule has 0 N–H and O–H groups in total. The zero-order valence-corrected chi connectivity index (χ0v) is 30.5. The van der Waals surface area contributed by atoms with Crippen molar-refractivity contribution in [3.8, 4) is 16.8 Å². The number of nitrogens with zero attached hydrogens (tertiary/aromatic N) is 2. The maximum Gasteiger partial charge on any atom is 0.333 e. The number of hydrogen-bond acceptors (Lipinski definition) is 2. The molecular formula is C48H39BN2O. The van der Waals surface area contributed by atoms with Crippen LogP contribution in [0.2, 0.25) is 0 Å². The van der Waals surface area contributed by atoms with E-state index in [9.17, 15) is 0 Å². The maximum absolute atomic E-state index is 6.76. The summed E-state index contributed by atoms with van der Waals surface area (Å²) in [6, 6.07) is 47.9. The highest BCUT2D eigenvalue weighted by Gasteiger charge is 2.45. The lowest BCUT2D eigenvalue weighted by molar-refractivity contribution is 0.590. The smallest absolute Gasteiger partial charge is 0.333 e. The van der Waals surface area contributed by atoms with E-state index in [0.717, 1.165) is 21.9 Å². The van der Waals surface area contributed by atoms with Crippen LogP contribution in [0, 0.1) is 0 Å². The van der Waals surface area contributed by atoms with Gasteiger partial charge in [-0.15, -0.1) is 0 Å². The lowest BCUT2D eigenvalue weighted by atomic mass is 9.43. The van der Waals surface area contributed by atoms with Crippen molar-refractivity contribution in [2.75, 3.05) is 4.81 Å². The monoisotopic (exact) mass is 670 g/mol. The topological polar surface area (TPSA) is 21.3 Å². The van der Waals surface area contributed by atoms with Crippen molar-refractivity contribution in [1.82, 2.24) is 4.57 Å². The number of aromatic nitrogens is 1. The molecule has 4 heteroatoms. The van der Waals surface area contributed by atoms with Gasteiger partial charge in [0.2, 0.25) is 0 Å². The van der Waals surface area contributed by atoms with E-state index in [1.807, 2.05) is 0 Å². The molecule has 4 heterocycles. The number of furan rings is 1. The largest absolute Gasteiger partial charge is 0.455 e. The second-order valence-corrected chi connectivity index (χ2v) is 17.0. The van der Waals surface area contributed by atoms with Gasteiger partial charge in [0.25, 0.3) is 0 Å². The molecule has 0 aliphatic carbocycles. The normalized spacial score (nSPS) is 13.9. The molecule has 0 atom stereocenters. The van der Waals surface area contributed by atoms with Crippen LogP contribution in [0.25, 0.3) is 71.3 Å². The zero-order chi connectivity index (χ0) is 35.3. The van der Waals surface area contributed by atoms with E-state index in [2.05, 4.69) is 178 Å². The van der Waals surface area contributed by atoms with Crippen molar-refractivity contribution in [3.63, 3.8) is 0 Å². The molecule has 9 aromatic rings. The Morgan fingerprint density at radius 2 is 1.27 bits per heavy atom. The molecule has 0 radical (unpaired) electrons. The summed E-state index contributed by atoms with van der Waals surface area (Å²) >= 11 is 0. The van der Waals surface area contributed by atoms with Gasteiger partial charge in [0, 0.05) is 38.8 Å². The Bertz CT molecular complexity index is 2990. The van der Waals surface area contributed by atoms with Crippen molar-refractivity contribution in [1.29, 1.82) is 0 Å². The minimum Gasteiger partial charge on any atom is -0.455 e. The van der Waals surface area contributed by atoms with Gasteiger partial charge in [-0.2, -0.15) is 0 Å². The molecule has 2 aromatic heterocycles. The third kappa shape index (κ3) is 3.87. The van der Waals surface area contributed by atoms with Crippen molar-refractivity contribution in [3.05, 3.63) is 139 Å². The van der Waals surface area contributed by atoms with E-state index in [1.165, 1.54) is 82.8 Å². The first-order valence-electron chi connectivity index (χ1n) is 18.6. The van der Waals surface area contributed by atoms with E-state index in [1.54, 1.807) is 0 Å². The molecular weight excluding hydrogens is 631 g/mol. The maximum atomic E-state index is 6.76. The van der Waals surface area contributed by atoms with E-state index < -0.39 is 0 Å². The van der Waals surface area contributed by atoms with Gasteiger partial charge in [-0.25, -0.2) is 0 Å². The van der Waals surface area contributed by atoms with Crippen molar-refractivity contribution < 1.29 is 4.42 Å². The van der Waals surface area contributed by atoms with Crippen LogP contribution < -0.4 is 15.7 Å². The quantitative estimate of drug-likeness (QED) is 0.162. The van der Waals surface area contributed by atoms with E-state index >= 15 is 0 Å². The Labute approximate surface area is 304 Å². The fourth-order valence-corrected chi connectivity index (χ4v) is 9.30. The van der Waals surface area contributed by atoms with Crippen LogP contribution in [0.4, 0.5) is 11.4 Å². The number of anilines is 2. The van der Waals surface area contributed by atoms with Gasteiger partial charge in [0.1, 0.15) is 11.2 Å². The highest BCUT2D eigenvalue weighted by atomic mass is 16.3. The van der Waals surface area contributed by atoms with Crippen LogP contribution in [-0.2, 0) is 10.8 Å². The van der Waals surface area contributed by atoms with Gasteiger partial charge in [-0.3, -0.25) is 0 Å². The summed E-state index contributed by atoms with van der Waals surface area (Å²) in [5.41, 5.74) is 16.1. The Morgan fingerprint density at radius 3 is 2.06 bits per heavy atom. The van der Waals surface area contributed by atoms with Crippen LogP contribution in [0.15, 0.2) is 132 Å². The first-order valence-corrected chi connectivity index (χ1v) is 18.6. The Morgan fingerprint density at radius 1 is 0.577 bits per heavy atom. The number of rotatable bonds is 1. The molecule has 0 spiro atoms. The summed E-state index contributed by atoms with van der Waals surface area (Å²) in [4.78, 5) is 2.64. The molecule has 0 bridgehead atoms. The number of para-hydroxylation sites is 1. The third-order valence-corrected chi connectivity index (χ3v) is 11.9. The summed E-state index contributed by atoms with van der Waals surface area (Å²) in [5, 5.41) is 7.28. The molecule has 250 valence electrons. The highest BCUT2D eigenvalue weighted by molar-refractivity contribution is 6.93. The second kappa shape index (κ2) is 9.98. The lowest BCUT2D eigenvalue weighted by Gasteiger charge is -2.42. The van der Waals surface area contributed by atoms with Gasteiger partial charge < -0.3 is 13.8 Å². The molecule has 7 aromatic carbocycles. The Kier molecular flexibility index (Phi) is 5.75. The predicted molar refractivity (Wildman–Crippen MR) is 222 cm³/mol. The summed E-state index contributed by atoms with van der Waals surface area (Å²) in [6.45, 7) is 13.8. The second-order valence-electron chi connectivity index (χ2n) is 17.0. The molecule has 0 amide bonds. The number of hydrogen-bond donors (Lipinski definition) is 0. The molecule has 3 nitrogen and oxygen atoms in total. The van der Waals surface area contributed by atoms with E-state index in [0.29, 0.717) is 0 Å². The molecule has 0 unspecified atom stereocenters. The van der Waals surface area contributed by atoms with Gasteiger partial charge in [0.05, 0.1) is 16.4 Å². The van der Waals surface area contributed by atoms with Crippen molar-refractivity contribution >= 4 is 83.7 Å². The molecule has 0 saturated carbocycles. The van der Waals surface area contributed by atoms with Crippen LogP contribution >= 0.6 is 0 Å². The van der Waals surface area contributed by atoms with E-state index in [4.69, 9.17) is 4.42 Å². The summed E-state index contributed by atoms with van der Waals surface area (Å²) in [7, 11) is 0. The summed E-state index contributed by atoms with van der Waals surface area (Å²) in [6.07, 6.45) is 0. The summed E-state index contributed by atoms with van der Waals surface area (Å²) in [5.74, 6) is 0. The fraction of sp³-hybridized carbons (Fsp3) is 0.167. The average molecular weight is 671 g/mol. The van der Waals surface area contributed by atoms with E-state index in [-0.39, 0.29) is 17.7 Å². The van der Waals surface area contributed by atoms with Crippen LogP contribution in [0.5, 0.6) is 0 Å². The minimum atomic E-state index is -0.0341. The van der Waals surface area contributed by atoms with Gasteiger partial charge in [-0.1, -0.05) is 126 Å². The number of benzene rings is 7. The van der Waals surface area contributed by atoms with Crippen molar-refractivity contribution in [2.45, 2.75) is 52.4 Å². The molecule has 0 saturated heterocycles. The van der Waals surface area contributed by atoms with Gasteiger partial charge >= 0.3 is 6.85 Å². The SMILES string of the molecule is CC(C)(C)c1ccc(N2B3c4cc(C(C)(C)C)ccc4-n4c5ccc6c7ccccc7oc6c5c5ccc(c3c54)-c3c2ccc2ccccc32)cc1. The fourth-order valence-electron chi connectivity index (χ4n) is 9.30. The van der Waals surface area contributed by atoms with Crippen LogP contribution in [-0.4, -0.2) is 11.4 Å². The van der Waals surface area contributed by atoms with Crippen molar-refractivity contribution in [2.24, 2.45) is 0 Å². The highest BCUT2D eigenvalue weighted by Crippen LogP contribution is 2.49. The number of fused-ring (bicyclic) bond motifs is 14. The minimum absolute atomic E-state index is 0.00863. The lowest BCUT2D eigenvalue weighted by Crippen LogP contribution is -2.60. The first-order chi connectivity index (χ1) is 25.1. The third-order valence-electron chi connectivity index (χ3n) is 11.9. The van der Waals surface area contributed by atoms with Gasteiger partial charge in [0.15, 0.2) is 0 Å². The summed E-state index contributed by atoms with van der Waals surface area (Å²) < 4.78 is 9.31. The molecule has 11 rings (SSSR count). The molecule has 0 fully saturated rings. The zero-order valence-electron chi connectivity index (χ0n) is 30.5. The molecule has 2 aliphatic rings. The van der Waals surface area contributed by atoms with Crippen LogP contribution in [0.3, 0.4) is 0 Å². The predicted octanol–water partition coefficient (Wildman–Crippen LogP) is 11.7. The average Bonchev–Trinajstić information content (AvgIpc) is 3.69. The standard InChI is InChI=1S/C48H39BN2O/c1-47(2,3)29-16-19-31(20-17-29)51-40-24-15-28-11-7-8-12-32(28)42(40)35-21-22-36-43-39(26-23-34-33-13-9-10-14-41(33)52-46(34)43)50-38-25-18-30(48(4,5)6)27-37(38)49(51)44(35)45(36)50/h7-27H,1-6H3. The van der Waals surface area contributed by atoms with Crippen LogP contribution in [0.1, 0.15) is 52.7 Å². The Balaban J connectivity index is 1.33. The van der Waals surface area contributed by atoms with Gasteiger partial charge in [-0.05, 0) is 91.7 Å². The molecule has 52 heavy (non-hydrogen) atoms. The molecule has 2 aliphatic heterocycles.